The van der Waals surface area contributed by atoms with Crippen LogP contribution in [0.5, 0.6) is 0 Å². The van der Waals surface area contributed by atoms with Crippen molar-refractivity contribution in [1.82, 2.24) is 15.0 Å². The highest BCUT2D eigenvalue weighted by atomic mass is 31.2. The van der Waals surface area contributed by atoms with E-state index in [1.54, 1.807) is 0 Å². The lowest BCUT2D eigenvalue weighted by Crippen LogP contribution is -2.08. The fourth-order valence-corrected chi connectivity index (χ4v) is 8.75. The zero-order valence-electron chi connectivity index (χ0n) is 28.1. The van der Waals surface area contributed by atoms with Crippen molar-refractivity contribution in [3.8, 4) is 56.4 Å². The Balaban J connectivity index is 1.41. The van der Waals surface area contributed by atoms with Crippen LogP contribution < -0.4 is 5.30 Å². The monoisotopic (exact) mass is 665 g/mol. The van der Waals surface area contributed by atoms with E-state index in [9.17, 15) is 4.57 Å². The molecule has 8 rings (SSSR count). The summed E-state index contributed by atoms with van der Waals surface area (Å²) in [7, 11) is -2.49. The van der Waals surface area contributed by atoms with Crippen LogP contribution in [0.15, 0.2) is 158 Å². The van der Waals surface area contributed by atoms with Gasteiger partial charge in [-0.25, -0.2) is 15.0 Å². The molecule has 0 saturated carbocycles. The Kier molecular flexibility index (Phi) is 8.40. The van der Waals surface area contributed by atoms with E-state index in [4.69, 9.17) is 15.0 Å². The Labute approximate surface area is 292 Å². The molecule has 0 aliphatic carbocycles. The minimum absolute atomic E-state index is 0.592. The summed E-state index contributed by atoms with van der Waals surface area (Å²) >= 11 is 0. The van der Waals surface area contributed by atoms with Gasteiger partial charge in [0.2, 0.25) is 0 Å². The van der Waals surface area contributed by atoms with Crippen LogP contribution in [0.3, 0.4) is 0 Å². The number of hydrogen-bond acceptors (Lipinski definition) is 4. The van der Waals surface area contributed by atoms with E-state index < -0.39 is 7.14 Å². The van der Waals surface area contributed by atoms with Gasteiger partial charge in [-0.3, -0.25) is 0 Å². The Hall–Kier alpha value is -5.70. The van der Waals surface area contributed by atoms with E-state index in [0.717, 1.165) is 44.2 Å². The number of hydrogen-bond donors (Lipinski definition) is 0. The molecule has 0 spiro atoms. The summed E-state index contributed by atoms with van der Waals surface area (Å²) in [6.45, 7) is 4.05. The zero-order chi connectivity index (χ0) is 34.1. The topological polar surface area (TPSA) is 55.7 Å². The van der Waals surface area contributed by atoms with Gasteiger partial charge >= 0.3 is 0 Å². The number of aromatic nitrogens is 3. The molecule has 0 N–H and O–H groups in total. The molecule has 50 heavy (non-hydrogen) atoms. The number of benzene rings is 7. The molecule has 8 aromatic rings. The molecule has 0 bridgehead atoms. The molecule has 0 unspecified atom stereocenters. The first-order valence-electron chi connectivity index (χ1n) is 17.2. The van der Waals surface area contributed by atoms with Crippen molar-refractivity contribution in [2.24, 2.45) is 0 Å². The molecular weight excluding hydrogens is 629 g/mol. The van der Waals surface area contributed by atoms with Gasteiger partial charge in [-0.2, -0.15) is 0 Å². The molecule has 0 aliphatic heterocycles. The summed E-state index contributed by atoms with van der Waals surface area (Å²) in [5.41, 5.74) is 6.94. The summed E-state index contributed by atoms with van der Waals surface area (Å²) in [6, 6.07) is 54.5. The van der Waals surface area contributed by atoms with Crippen LogP contribution in [0.25, 0.3) is 78.0 Å². The first kappa shape index (κ1) is 31.6. The van der Waals surface area contributed by atoms with Crippen molar-refractivity contribution < 1.29 is 4.57 Å². The molecule has 1 heterocycles. The van der Waals surface area contributed by atoms with E-state index in [-0.39, 0.29) is 0 Å². The van der Waals surface area contributed by atoms with Gasteiger partial charge in [-0.15, -0.1) is 0 Å². The number of fused-ring (bicyclic) bond motifs is 3. The van der Waals surface area contributed by atoms with Gasteiger partial charge in [-0.1, -0.05) is 141 Å². The molecule has 0 aliphatic rings. The van der Waals surface area contributed by atoms with E-state index in [1.165, 1.54) is 21.5 Å². The van der Waals surface area contributed by atoms with Crippen molar-refractivity contribution in [2.45, 2.75) is 13.8 Å². The SMILES string of the molecule is CCP(=O)(CC)c1cccc(-c2cc(-c3nc(-c4ccccc4)nc(-c4ccccc4)n3)cc(-c3cc4ccccc4c4ccccc34)c2)c1. The number of rotatable bonds is 8. The summed E-state index contributed by atoms with van der Waals surface area (Å²) in [6.07, 6.45) is 1.27. The van der Waals surface area contributed by atoms with Gasteiger partial charge in [0, 0.05) is 34.3 Å². The molecule has 242 valence electrons. The molecule has 5 heteroatoms. The second kappa shape index (κ2) is 13.3. The Morgan fingerprint density at radius 2 is 0.920 bits per heavy atom. The predicted octanol–water partition coefficient (Wildman–Crippen LogP) is 11.5. The van der Waals surface area contributed by atoms with Gasteiger partial charge in [-0.05, 0) is 74.1 Å². The molecule has 0 radical (unpaired) electrons. The molecular formula is C45H36N3OP. The average molecular weight is 666 g/mol. The highest BCUT2D eigenvalue weighted by Gasteiger charge is 2.21. The third-order valence-corrected chi connectivity index (χ3v) is 12.9. The van der Waals surface area contributed by atoms with Crippen LogP contribution >= 0.6 is 7.14 Å². The van der Waals surface area contributed by atoms with Crippen molar-refractivity contribution in [3.63, 3.8) is 0 Å². The third kappa shape index (κ3) is 5.93. The molecule has 0 fully saturated rings. The normalized spacial score (nSPS) is 11.6. The minimum Gasteiger partial charge on any atom is -0.319 e. The maximum atomic E-state index is 13.9. The molecule has 7 aromatic carbocycles. The Morgan fingerprint density at radius 1 is 0.420 bits per heavy atom. The van der Waals surface area contributed by atoms with Crippen LogP contribution in [-0.2, 0) is 4.57 Å². The lowest BCUT2D eigenvalue weighted by Gasteiger charge is -2.17. The van der Waals surface area contributed by atoms with Crippen LogP contribution in [-0.4, -0.2) is 27.3 Å². The van der Waals surface area contributed by atoms with Gasteiger partial charge in [0.25, 0.3) is 0 Å². The highest BCUT2D eigenvalue weighted by Crippen LogP contribution is 2.44. The van der Waals surface area contributed by atoms with Gasteiger partial charge in [0.05, 0.1) is 0 Å². The van der Waals surface area contributed by atoms with Crippen molar-refractivity contribution >= 4 is 34.0 Å². The van der Waals surface area contributed by atoms with E-state index in [2.05, 4.69) is 84.9 Å². The molecule has 4 nitrogen and oxygen atoms in total. The first-order chi connectivity index (χ1) is 24.5. The van der Waals surface area contributed by atoms with Crippen LogP contribution in [0.1, 0.15) is 13.8 Å². The fourth-order valence-electron chi connectivity index (χ4n) is 6.84. The lowest BCUT2D eigenvalue weighted by molar-refractivity contribution is 0.582. The predicted molar refractivity (Wildman–Crippen MR) is 210 cm³/mol. The van der Waals surface area contributed by atoms with Gasteiger partial charge < -0.3 is 4.57 Å². The summed E-state index contributed by atoms with van der Waals surface area (Å²) in [5.74, 6) is 1.83. The quantitative estimate of drug-likeness (QED) is 0.120. The van der Waals surface area contributed by atoms with Crippen molar-refractivity contribution in [2.75, 3.05) is 12.3 Å². The smallest absolute Gasteiger partial charge is 0.164 e. The summed E-state index contributed by atoms with van der Waals surface area (Å²) in [4.78, 5) is 15.1. The first-order valence-corrected chi connectivity index (χ1v) is 19.2. The van der Waals surface area contributed by atoms with Crippen LogP contribution in [0, 0.1) is 0 Å². The lowest BCUT2D eigenvalue weighted by atomic mass is 9.90. The molecule has 0 atom stereocenters. The third-order valence-electron chi connectivity index (χ3n) is 9.64. The zero-order valence-corrected chi connectivity index (χ0v) is 29.0. The van der Waals surface area contributed by atoms with E-state index in [1.807, 2.05) is 86.6 Å². The summed E-state index contributed by atoms with van der Waals surface area (Å²) in [5, 5.41) is 5.71. The molecule has 0 saturated heterocycles. The van der Waals surface area contributed by atoms with Gasteiger partial charge in [0.15, 0.2) is 17.5 Å². The minimum atomic E-state index is -2.49. The number of nitrogens with zero attached hydrogens (tertiary/aromatic N) is 3. The summed E-state index contributed by atoms with van der Waals surface area (Å²) < 4.78 is 13.9. The van der Waals surface area contributed by atoms with Gasteiger partial charge in [0.1, 0.15) is 7.14 Å². The van der Waals surface area contributed by atoms with E-state index in [0.29, 0.717) is 29.8 Å². The largest absolute Gasteiger partial charge is 0.319 e. The molecule has 1 aromatic heterocycles. The fraction of sp³-hybridized carbons (Fsp3) is 0.0889. The standard InChI is InChI=1S/C45H36N3OP/c1-3-50(49,4-2)38-22-15-21-33(29-38)35-26-36(42-30-34-20-11-12-23-39(34)40-24-13-14-25-41(40)42)28-37(27-35)45-47-43(31-16-7-5-8-17-31)46-44(48-45)32-18-9-6-10-19-32/h5-30H,3-4H2,1-2H3. The second-order valence-corrected chi connectivity index (χ2v) is 16.2. The Morgan fingerprint density at radius 3 is 1.56 bits per heavy atom. The second-order valence-electron chi connectivity index (χ2n) is 12.6. The van der Waals surface area contributed by atoms with Crippen LogP contribution in [0.4, 0.5) is 0 Å². The maximum absolute atomic E-state index is 13.9. The molecule has 0 amide bonds. The Bertz CT molecular complexity index is 2480. The van der Waals surface area contributed by atoms with E-state index >= 15 is 0 Å². The van der Waals surface area contributed by atoms with Crippen molar-refractivity contribution in [3.05, 3.63) is 158 Å². The highest BCUT2D eigenvalue weighted by molar-refractivity contribution is 7.71. The van der Waals surface area contributed by atoms with Crippen LogP contribution in [0.2, 0.25) is 0 Å². The van der Waals surface area contributed by atoms with Crippen molar-refractivity contribution in [1.29, 1.82) is 0 Å². The maximum Gasteiger partial charge on any atom is 0.164 e. The average Bonchev–Trinajstić information content (AvgIpc) is 3.20.